The minimum absolute atomic E-state index is 0.00820. The van der Waals surface area contributed by atoms with Gasteiger partial charge in [-0.1, -0.05) is 40.2 Å². The van der Waals surface area contributed by atoms with Crippen molar-refractivity contribution in [2.45, 2.75) is 26.7 Å². The Hall–Kier alpha value is -2.91. The van der Waals surface area contributed by atoms with E-state index < -0.39 is 11.8 Å². The highest BCUT2D eigenvalue weighted by Crippen LogP contribution is 2.34. The zero-order valence-corrected chi connectivity index (χ0v) is 21.3. The summed E-state index contributed by atoms with van der Waals surface area (Å²) in [5.41, 5.74) is 7.28. The number of hydrogen-bond acceptors (Lipinski definition) is 4. The number of ether oxygens (including phenoxy) is 1. The van der Waals surface area contributed by atoms with E-state index in [1.165, 1.54) is 0 Å². The minimum Gasteiger partial charge on any atom is -0.483 e. The molecule has 0 aliphatic rings. The van der Waals surface area contributed by atoms with Gasteiger partial charge >= 0.3 is 0 Å². The molecule has 0 heterocycles. The van der Waals surface area contributed by atoms with Crippen molar-refractivity contribution in [1.29, 1.82) is 0 Å². The van der Waals surface area contributed by atoms with E-state index in [9.17, 15) is 14.4 Å². The van der Waals surface area contributed by atoms with Crippen LogP contribution in [0.25, 0.3) is 10.8 Å². The lowest BCUT2D eigenvalue weighted by atomic mass is 10.1. The number of hydrazine groups is 1. The standard InChI is InChI=1S/C24H23Br2N3O4/c1-14-3-4-15(2)19(11-14)27-21(30)9-10-22(31)28-29-23(32)13-33-20-8-5-16-12-17(25)6-7-18(16)24(20)26/h3-8,11-12H,9-10,13H2,1-2H3,(H,27,30)(H,28,31)(H,29,32). The van der Waals surface area contributed by atoms with Gasteiger partial charge in [-0.25, -0.2) is 0 Å². The van der Waals surface area contributed by atoms with E-state index in [0.717, 1.165) is 36.5 Å². The summed E-state index contributed by atoms with van der Waals surface area (Å²) in [4.78, 5) is 36.1. The number of benzene rings is 3. The van der Waals surface area contributed by atoms with Gasteiger partial charge in [0.2, 0.25) is 11.8 Å². The Morgan fingerprint density at radius 1 is 0.848 bits per heavy atom. The van der Waals surface area contributed by atoms with Crippen LogP contribution in [-0.2, 0) is 14.4 Å². The van der Waals surface area contributed by atoms with E-state index in [1.807, 2.05) is 56.3 Å². The van der Waals surface area contributed by atoms with Gasteiger partial charge in [-0.15, -0.1) is 0 Å². The highest BCUT2D eigenvalue weighted by Gasteiger charge is 2.12. The smallest absolute Gasteiger partial charge is 0.276 e. The molecule has 33 heavy (non-hydrogen) atoms. The molecule has 3 rings (SSSR count). The molecule has 0 radical (unpaired) electrons. The molecule has 7 nitrogen and oxygen atoms in total. The van der Waals surface area contributed by atoms with E-state index in [4.69, 9.17) is 4.74 Å². The van der Waals surface area contributed by atoms with Gasteiger partial charge in [0, 0.05) is 23.0 Å². The van der Waals surface area contributed by atoms with E-state index in [1.54, 1.807) is 6.07 Å². The monoisotopic (exact) mass is 575 g/mol. The summed E-state index contributed by atoms with van der Waals surface area (Å²) in [6.45, 7) is 3.55. The van der Waals surface area contributed by atoms with Crippen LogP contribution in [-0.4, -0.2) is 24.3 Å². The fraction of sp³-hybridized carbons (Fsp3) is 0.208. The molecule has 3 aromatic carbocycles. The molecule has 0 bridgehead atoms. The van der Waals surface area contributed by atoms with E-state index in [-0.39, 0.29) is 25.4 Å². The number of aryl methyl sites for hydroxylation is 2. The Morgan fingerprint density at radius 2 is 1.58 bits per heavy atom. The molecular formula is C24H23Br2N3O4. The van der Waals surface area contributed by atoms with E-state index >= 15 is 0 Å². The number of nitrogens with one attached hydrogen (secondary N) is 3. The summed E-state index contributed by atoms with van der Waals surface area (Å²) < 4.78 is 7.27. The lowest BCUT2D eigenvalue weighted by Crippen LogP contribution is -2.44. The van der Waals surface area contributed by atoms with Crippen LogP contribution in [0.15, 0.2) is 57.5 Å². The van der Waals surface area contributed by atoms with Gasteiger partial charge < -0.3 is 10.1 Å². The molecule has 3 aromatic rings. The predicted octanol–water partition coefficient (Wildman–Crippen LogP) is 4.93. The molecule has 3 N–H and O–H groups in total. The van der Waals surface area contributed by atoms with Crippen LogP contribution in [0.1, 0.15) is 24.0 Å². The molecule has 0 spiro atoms. The van der Waals surface area contributed by atoms with E-state index in [2.05, 4.69) is 48.0 Å². The number of carbonyl (C=O) groups is 3. The van der Waals surface area contributed by atoms with Gasteiger partial charge in [0.25, 0.3) is 5.91 Å². The highest BCUT2D eigenvalue weighted by molar-refractivity contribution is 9.11. The van der Waals surface area contributed by atoms with Gasteiger partial charge in [-0.05, 0) is 75.9 Å². The van der Waals surface area contributed by atoms with Crippen molar-refractivity contribution in [3.05, 3.63) is 68.6 Å². The quantitative estimate of drug-likeness (QED) is 0.348. The fourth-order valence-corrected chi connectivity index (χ4v) is 4.03. The Bertz CT molecular complexity index is 1210. The minimum atomic E-state index is -0.522. The van der Waals surface area contributed by atoms with Crippen molar-refractivity contribution in [2.24, 2.45) is 0 Å². The lowest BCUT2D eigenvalue weighted by Gasteiger charge is -2.12. The molecule has 0 fully saturated rings. The molecule has 172 valence electrons. The molecule has 0 aliphatic carbocycles. The topological polar surface area (TPSA) is 96.5 Å². The zero-order valence-electron chi connectivity index (χ0n) is 18.1. The molecular weight excluding hydrogens is 554 g/mol. The van der Waals surface area contributed by atoms with Gasteiger partial charge in [-0.2, -0.15) is 0 Å². The van der Waals surface area contributed by atoms with Crippen LogP contribution in [0.3, 0.4) is 0 Å². The second kappa shape index (κ2) is 11.3. The molecule has 3 amide bonds. The maximum Gasteiger partial charge on any atom is 0.276 e. The number of carbonyl (C=O) groups excluding carboxylic acids is 3. The number of fused-ring (bicyclic) bond motifs is 1. The van der Waals surface area contributed by atoms with Crippen LogP contribution in [0.2, 0.25) is 0 Å². The first kappa shape index (κ1) is 24.7. The van der Waals surface area contributed by atoms with Crippen LogP contribution in [0.5, 0.6) is 5.75 Å². The average molecular weight is 577 g/mol. The predicted molar refractivity (Wildman–Crippen MR) is 135 cm³/mol. The number of halogens is 2. The second-order valence-electron chi connectivity index (χ2n) is 7.49. The van der Waals surface area contributed by atoms with Crippen LogP contribution < -0.4 is 20.9 Å². The summed E-state index contributed by atoms with van der Waals surface area (Å²) in [6, 6.07) is 15.2. The summed E-state index contributed by atoms with van der Waals surface area (Å²) in [5.74, 6) is -0.765. The van der Waals surface area contributed by atoms with E-state index in [0.29, 0.717) is 5.75 Å². The summed E-state index contributed by atoms with van der Waals surface area (Å²) in [7, 11) is 0. The third-order valence-electron chi connectivity index (χ3n) is 4.83. The Labute approximate surface area is 208 Å². The first-order chi connectivity index (χ1) is 15.7. The molecule has 9 heteroatoms. The molecule has 0 saturated heterocycles. The second-order valence-corrected chi connectivity index (χ2v) is 9.20. The lowest BCUT2D eigenvalue weighted by molar-refractivity contribution is -0.130. The fourth-order valence-electron chi connectivity index (χ4n) is 3.05. The Balaban J connectivity index is 1.41. The first-order valence-corrected chi connectivity index (χ1v) is 11.8. The summed E-state index contributed by atoms with van der Waals surface area (Å²) >= 11 is 6.94. The number of anilines is 1. The van der Waals surface area contributed by atoms with Crippen molar-refractivity contribution < 1.29 is 19.1 Å². The van der Waals surface area contributed by atoms with Crippen molar-refractivity contribution in [3.8, 4) is 5.75 Å². The number of amides is 3. The normalized spacial score (nSPS) is 10.5. The number of rotatable bonds is 7. The van der Waals surface area contributed by atoms with Crippen LogP contribution in [0.4, 0.5) is 5.69 Å². The van der Waals surface area contributed by atoms with Gasteiger partial charge in [-0.3, -0.25) is 25.2 Å². The van der Waals surface area contributed by atoms with Crippen LogP contribution >= 0.6 is 31.9 Å². The maximum atomic E-state index is 12.1. The molecule has 0 aliphatic heterocycles. The van der Waals surface area contributed by atoms with Crippen molar-refractivity contribution >= 4 is 66.0 Å². The van der Waals surface area contributed by atoms with Crippen molar-refractivity contribution in [1.82, 2.24) is 10.9 Å². The first-order valence-electron chi connectivity index (χ1n) is 10.2. The third-order valence-corrected chi connectivity index (χ3v) is 6.14. The zero-order chi connectivity index (χ0) is 24.0. The molecule has 0 unspecified atom stereocenters. The molecule has 0 atom stereocenters. The van der Waals surface area contributed by atoms with Crippen molar-refractivity contribution in [3.63, 3.8) is 0 Å². The highest BCUT2D eigenvalue weighted by atomic mass is 79.9. The Kier molecular flexibility index (Phi) is 8.46. The summed E-state index contributed by atoms with van der Waals surface area (Å²) in [6.07, 6.45) is -0.0741. The average Bonchev–Trinajstić information content (AvgIpc) is 2.78. The van der Waals surface area contributed by atoms with Gasteiger partial charge in [0.1, 0.15) is 5.75 Å². The number of hydrogen-bond donors (Lipinski definition) is 3. The SMILES string of the molecule is Cc1ccc(C)c(NC(=O)CCC(=O)NNC(=O)COc2ccc3cc(Br)ccc3c2Br)c1. The van der Waals surface area contributed by atoms with Crippen molar-refractivity contribution in [2.75, 3.05) is 11.9 Å². The van der Waals surface area contributed by atoms with Crippen LogP contribution in [0, 0.1) is 13.8 Å². The largest absolute Gasteiger partial charge is 0.483 e. The van der Waals surface area contributed by atoms with Gasteiger partial charge in [0.05, 0.1) is 4.47 Å². The molecule has 0 aromatic heterocycles. The third kappa shape index (κ3) is 7.03. The van der Waals surface area contributed by atoms with Gasteiger partial charge in [0.15, 0.2) is 6.61 Å². The molecule has 0 saturated carbocycles. The maximum absolute atomic E-state index is 12.1. The summed E-state index contributed by atoms with van der Waals surface area (Å²) in [5, 5.41) is 4.76. The Morgan fingerprint density at radius 3 is 2.36 bits per heavy atom.